The molecule has 0 radical (unpaired) electrons. The summed E-state index contributed by atoms with van der Waals surface area (Å²) in [5.41, 5.74) is 1.44. The van der Waals surface area contributed by atoms with Gasteiger partial charge in [-0.05, 0) is 50.5 Å². The SMILES string of the molecule is CNC1(C)CCSCC1.Cn1c(C=O)cc2ccc(Oc3ncc(Cl)cc3OCC(F)F)nc21. The molecule has 0 aliphatic carbocycles. The third-order valence-corrected chi connectivity index (χ3v) is 6.75. The number of thioether (sulfide) groups is 1. The molecule has 4 heterocycles. The molecule has 34 heavy (non-hydrogen) atoms. The predicted octanol–water partition coefficient (Wildman–Crippen LogP) is 5.36. The number of ether oxygens (including phenoxy) is 2. The molecule has 1 N–H and O–H groups in total. The van der Waals surface area contributed by atoms with Crippen molar-refractivity contribution in [2.45, 2.75) is 31.7 Å². The normalized spacial score (nSPS) is 15.0. The average molecular weight is 513 g/mol. The highest BCUT2D eigenvalue weighted by molar-refractivity contribution is 7.99. The molecule has 11 heteroatoms. The number of alkyl halides is 2. The summed E-state index contributed by atoms with van der Waals surface area (Å²) < 4.78 is 36.9. The number of aromatic nitrogens is 3. The van der Waals surface area contributed by atoms with E-state index in [-0.39, 0.29) is 22.5 Å². The van der Waals surface area contributed by atoms with E-state index in [1.807, 2.05) is 0 Å². The lowest BCUT2D eigenvalue weighted by atomic mass is 9.95. The van der Waals surface area contributed by atoms with Gasteiger partial charge in [-0.3, -0.25) is 4.79 Å². The van der Waals surface area contributed by atoms with Crippen LogP contribution in [0.3, 0.4) is 0 Å². The van der Waals surface area contributed by atoms with E-state index < -0.39 is 13.0 Å². The number of carbonyl (C=O) groups is 1. The summed E-state index contributed by atoms with van der Waals surface area (Å²) in [4.78, 5) is 19.2. The maximum Gasteiger partial charge on any atom is 0.272 e. The molecule has 184 valence electrons. The second kappa shape index (κ2) is 11.8. The molecule has 7 nitrogen and oxygen atoms in total. The van der Waals surface area contributed by atoms with E-state index in [4.69, 9.17) is 21.1 Å². The second-order valence-corrected chi connectivity index (χ2v) is 9.65. The van der Waals surface area contributed by atoms with Crippen LogP contribution in [-0.4, -0.2) is 57.9 Å². The number of carbonyl (C=O) groups excluding carboxylic acids is 1. The third kappa shape index (κ3) is 6.80. The standard InChI is InChI=1S/C16H12ClF2N3O3.C7H15NS/c1-22-11(7-23)4-9-2-3-14(21-15(9)22)25-16-12(24-8-13(18)19)5-10(17)6-20-16;1-7(8-2)3-5-9-6-4-7/h2-7,13H,8H2,1H3;8H,3-6H2,1-2H3. The Morgan fingerprint density at radius 1 is 1.32 bits per heavy atom. The van der Waals surface area contributed by atoms with Crippen LogP contribution in [0.15, 0.2) is 30.5 Å². The van der Waals surface area contributed by atoms with Gasteiger partial charge >= 0.3 is 0 Å². The van der Waals surface area contributed by atoms with Crippen molar-refractivity contribution >= 4 is 40.7 Å². The number of fused-ring (bicyclic) bond motifs is 1. The summed E-state index contributed by atoms with van der Waals surface area (Å²) in [5, 5.41) is 4.35. The van der Waals surface area contributed by atoms with Crippen LogP contribution in [0.1, 0.15) is 30.3 Å². The van der Waals surface area contributed by atoms with E-state index in [1.165, 1.54) is 36.6 Å². The Bertz CT molecular complexity index is 1120. The van der Waals surface area contributed by atoms with E-state index in [0.29, 0.717) is 16.9 Å². The van der Waals surface area contributed by atoms with Gasteiger partial charge in [0.1, 0.15) is 12.3 Å². The summed E-state index contributed by atoms with van der Waals surface area (Å²) in [6, 6.07) is 6.32. The fraction of sp³-hybridized carbons (Fsp3) is 0.435. The van der Waals surface area contributed by atoms with Crippen molar-refractivity contribution in [3.63, 3.8) is 0 Å². The van der Waals surface area contributed by atoms with Gasteiger partial charge in [-0.2, -0.15) is 16.7 Å². The number of hydrogen-bond acceptors (Lipinski definition) is 7. The maximum atomic E-state index is 12.4. The van der Waals surface area contributed by atoms with Gasteiger partial charge in [-0.15, -0.1) is 0 Å². The summed E-state index contributed by atoms with van der Waals surface area (Å²) in [5.74, 6) is 2.77. The van der Waals surface area contributed by atoms with Gasteiger partial charge in [0.05, 0.1) is 10.7 Å². The van der Waals surface area contributed by atoms with Crippen LogP contribution < -0.4 is 14.8 Å². The Hall–Kier alpha value is -2.43. The molecular weight excluding hydrogens is 486 g/mol. The lowest BCUT2D eigenvalue weighted by Gasteiger charge is -2.32. The van der Waals surface area contributed by atoms with Gasteiger partial charge in [-0.25, -0.2) is 13.8 Å². The van der Waals surface area contributed by atoms with Crippen LogP contribution >= 0.6 is 23.4 Å². The number of aldehydes is 1. The first-order valence-electron chi connectivity index (χ1n) is 10.7. The van der Waals surface area contributed by atoms with Gasteiger partial charge in [-0.1, -0.05) is 11.6 Å². The molecule has 1 aliphatic heterocycles. The third-order valence-electron chi connectivity index (χ3n) is 5.56. The Kier molecular flexibility index (Phi) is 9.10. The first-order valence-corrected chi connectivity index (χ1v) is 12.2. The maximum absolute atomic E-state index is 12.4. The van der Waals surface area contributed by atoms with Crippen molar-refractivity contribution in [1.82, 2.24) is 19.9 Å². The van der Waals surface area contributed by atoms with Crippen molar-refractivity contribution in [2.24, 2.45) is 7.05 Å². The number of halogens is 3. The Balaban J connectivity index is 0.000000302. The van der Waals surface area contributed by atoms with E-state index in [1.54, 1.807) is 29.8 Å². The minimum absolute atomic E-state index is 0.0184. The molecule has 0 amide bonds. The van der Waals surface area contributed by atoms with Gasteiger partial charge in [0, 0.05) is 36.3 Å². The highest BCUT2D eigenvalue weighted by Crippen LogP contribution is 2.32. The number of aryl methyl sites for hydroxylation is 1. The van der Waals surface area contributed by atoms with E-state index in [0.717, 1.165) is 11.7 Å². The zero-order valence-corrected chi connectivity index (χ0v) is 20.8. The minimum atomic E-state index is -2.65. The molecule has 3 aromatic heterocycles. The molecule has 3 aromatic rings. The molecule has 4 rings (SSSR count). The molecule has 1 fully saturated rings. The molecule has 0 atom stereocenters. The minimum Gasteiger partial charge on any atom is -0.482 e. The van der Waals surface area contributed by atoms with Crippen LogP contribution in [0.25, 0.3) is 11.0 Å². The number of nitrogens with one attached hydrogen (secondary N) is 1. The highest BCUT2D eigenvalue weighted by atomic mass is 35.5. The first-order chi connectivity index (χ1) is 16.2. The Morgan fingerprint density at radius 3 is 2.68 bits per heavy atom. The summed E-state index contributed by atoms with van der Waals surface area (Å²) >= 11 is 7.89. The largest absolute Gasteiger partial charge is 0.482 e. The van der Waals surface area contributed by atoms with Crippen molar-refractivity contribution in [2.75, 3.05) is 25.2 Å². The summed E-state index contributed by atoms with van der Waals surface area (Å²) in [6.07, 6.45) is 2.03. The molecule has 0 bridgehead atoms. The molecule has 1 saturated heterocycles. The molecule has 0 unspecified atom stereocenters. The van der Waals surface area contributed by atoms with Crippen LogP contribution in [0.2, 0.25) is 5.02 Å². The fourth-order valence-corrected chi connectivity index (χ4v) is 4.83. The molecular formula is C23H27ClF2N4O3S. The van der Waals surface area contributed by atoms with E-state index >= 15 is 0 Å². The van der Waals surface area contributed by atoms with Gasteiger partial charge in [0.2, 0.25) is 5.88 Å². The van der Waals surface area contributed by atoms with Crippen LogP contribution in [0.4, 0.5) is 8.78 Å². The zero-order chi connectivity index (χ0) is 24.7. The fourth-order valence-electron chi connectivity index (χ4n) is 3.28. The summed E-state index contributed by atoms with van der Waals surface area (Å²) in [6.45, 7) is 1.50. The lowest BCUT2D eigenvalue weighted by molar-refractivity contribution is 0.0804. The van der Waals surface area contributed by atoms with Crippen LogP contribution in [0.5, 0.6) is 17.5 Å². The monoisotopic (exact) mass is 512 g/mol. The molecule has 0 spiro atoms. The number of rotatable bonds is 7. The molecule has 0 saturated carbocycles. The van der Waals surface area contributed by atoms with Crippen molar-refractivity contribution in [1.29, 1.82) is 0 Å². The predicted molar refractivity (Wildman–Crippen MR) is 131 cm³/mol. The number of hydrogen-bond donors (Lipinski definition) is 1. The lowest BCUT2D eigenvalue weighted by Crippen LogP contribution is -2.42. The smallest absolute Gasteiger partial charge is 0.272 e. The van der Waals surface area contributed by atoms with Crippen LogP contribution in [0, 0.1) is 0 Å². The van der Waals surface area contributed by atoms with Crippen LogP contribution in [-0.2, 0) is 7.05 Å². The molecule has 1 aliphatic rings. The summed E-state index contributed by atoms with van der Waals surface area (Å²) in [7, 11) is 3.76. The zero-order valence-electron chi connectivity index (χ0n) is 19.2. The van der Waals surface area contributed by atoms with E-state index in [9.17, 15) is 13.6 Å². The quantitative estimate of drug-likeness (QED) is 0.427. The highest BCUT2D eigenvalue weighted by Gasteiger charge is 2.24. The Labute approximate surface area is 206 Å². The first kappa shape index (κ1) is 26.2. The van der Waals surface area contributed by atoms with Gasteiger partial charge < -0.3 is 19.4 Å². The van der Waals surface area contributed by atoms with Crippen molar-refractivity contribution in [3.05, 3.63) is 41.2 Å². The van der Waals surface area contributed by atoms with E-state index in [2.05, 4.69) is 41.0 Å². The van der Waals surface area contributed by atoms with Crippen molar-refractivity contribution < 1.29 is 23.0 Å². The Morgan fingerprint density at radius 2 is 2.06 bits per heavy atom. The average Bonchev–Trinajstić information content (AvgIpc) is 3.15. The number of nitrogens with zero attached hydrogens (tertiary/aromatic N) is 3. The topological polar surface area (TPSA) is 78.3 Å². The second-order valence-electron chi connectivity index (χ2n) is 7.99. The van der Waals surface area contributed by atoms with Gasteiger partial charge in [0.25, 0.3) is 12.3 Å². The van der Waals surface area contributed by atoms with Gasteiger partial charge in [0.15, 0.2) is 12.0 Å². The number of pyridine rings is 2. The van der Waals surface area contributed by atoms with Crippen molar-refractivity contribution in [3.8, 4) is 17.5 Å². The molecule has 0 aromatic carbocycles.